The first-order valence-electron chi connectivity index (χ1n) is 10.3. The van der Waals surface area contributed by atoms with Crippen molar-refractivity contribution < 1.29 is 4.79 Å². The van der Waals surface area contributed by atoms with Crippen LogP contribution in [0.25, 0.3) is 22.6 Å². The highest BCUT2D eigenvalue weighted by atomic mass is 16.2. The highest BCUT2D eigenvalue weighted by Crippen LogP contribution is 2.25. The van der Waals surface area contributed by atoms with E-state index < -0.39 is 6.03 Å². The summed E-state index contributed by atoms with van der Waals surface area (Å²) in [6, 6.07) is 23.5. The quantitative estimate of drug-likeness (QED) is 0.406. The number of rotatable bonds is 5. The van der Waals surface area contributed by atoms with Crippen LogP contribution in [0.5, 0.6) is 0 Å². The molecule has 3 N–H and O–H groups in total. The van der Waals surface area contributed by atoms with E-state index in [-0.39, 0.29) is 17.1 Å². The first kappa shape index (κ1) is 21.0. The molecule has 1 heterocycles. The van der Waals surface area contributed by atoms with Crippen molar-refractivity contribution in [3.05, 3.63) is 94.8 Å². The van der Waals surface area contributed by atoms with Crippen molar-refractivity contribution in [2.24, 2.45) is 0 Å². The van der Waals surface area contributed by atoms with Gasteiger partial charge in [-0.15, -0.1) is 10.2 Å². The topological polar surface area (TPSA) is 99.8 Å². The molecule has 0 unspecified atom stereocenters. The summed E-state index contributed by atoms with van der Waals surface area (Å²) in [7, 11) is 0. The molecule has 3 aromatic carbocycles. The largest absolute Gasteiger partial charge is 0.323 e. The van der Waals surface area contributed by atoms with Crippen LogP contribution in [-0.2, 0) is 0 Å². The molecule has 0 radical (unpaired) electrons. The van der Waals surface area contributed by atoms with Gasteiger partial charge in [0.2, 0.25) is 0 Å². The van der Waals surface area contributed by atoms with Crippen LogP contribution in [0, 0.1) is 0 Å². The Morgan fingerprint density at radius 3 is 2.22 bits per heavy atom. The Labute approximate surface area is 185 Å². The standard InChI is InChI=1S/C25H23N5O2/c1-16(2)17-12-14-18(15-13-17)22-24(31)28-23(30-29-22)20-10-6-7-11-21(20)27-25(32)26-19-8-4-3-5-9-19/h3-16H,1-2H3,(H2,26,27,32)(H,28,30,31). The lowest BCUT2D eigenvalue weighted by Crippen LogP contribution is -2.20. The van der Waals surface area contributed by atoms with Gasteiger partial charge in [-0.1, -0.05) is 68.4 Å². The lowest BCUT2D eigenvalue weighted by Gasteiger charge is -2.11. The summed E-state index contributed by atoms with van der Waals surface area (Å²) in [5, 5.41) is 13.9. The molecule has 2 amide bonds. The molecular formula is C25H23N5O2. The predicted molar refractivity (Wildman–Crippen MR) is 127 cm³/mol. The molecule has 0 aliphatic heterocycles. The number of carbonyl (C=O) groups is 1. The monoisotopic (exact) mass is 425 g/mol. The second kappa shape index (κ2) is 9.26. The Bertz CT molecular complexity index is 1280. The van der Waals surface area contributed by atoms with Crippen molar-refractivity contribution in [2.45, 2.75) is 19.8 Å². The summed E-state index contributed by atoms with van der Waals surface area (Å²) in [6.45, 7) is 4.23. The highest BCUT2D eigenvalue weighted by Gasteiger charge is 2.13. The van der Waals surface area contributed by atoms with Crippen molar-refractivity contribution in [1.82, 2.24) is 15.2 Å². The first-order chi connectivity index (χ1) is 15.5. The number of para-hydroxylation sites is 2. The smallest absolute Gasteiger partial charge is 0.308 e. The number of nitrogens with one attached hydrogen (secondary N) is 3. The summed E-state index contributed by atoms with van der Waals surface area (Å²) >= 11 is 0. The van der Waals surface area contributed by atoms with Crippen molar-refractivity contribution in [3.63, 3.8) is 0 Å². The number of H-pyrrole nitrogens is 1. The Kier molecular flexibility index (Phi) is 6.07. The molecule has 0 aliphatic carbocycles. The summed E-state index contributed by atoms with van der Waals surface area (Å²) in [5.41, 5.74) is 3.50. The van der Waals surface area contributed by atoms with Crippen molar-refractivity contribution >= 4 is 17.4 Å². The van der Waals surface area contributed by atoms with E-state index >= 15 is 0 Å². The van der Waals surface area contributed by atoms with Gasteiger partial charge in [-0.25, -0.2) is 4.79 Å². The molecule has 0 aliphatic rings. The van der Waals surface area contributed by atoms with E-state index in [1.807, 2.05) is 42.5 Å². The normalized spacial score (nSPS) is 10.7. The fourth-order valence-corrected chi connectivity index (χ4v) is 3.28. The van der Waals surface area contributed by atoms with Gasteiger partial charge in [0.15, 0.2) is 11.5 Å². The van der Waals surface area contributed by atoms with Crippen LogP contribution in [-0.4, -0.2) is 21.2 Å². The average molecular weight is 425 g/mol. The lowest BCUT2D eigenvalue weighted by molar-refractivity contribution is 0.262. The van der Waals surface area contributed by atoms with E-state index in [1.54, 1.807) is 36.4 Å². The molecule has 7 nitrogen and oxygen atoms in total. The number of carbonyl (C=O) groups excluding carboxylic acids is 1. The van der Waals surface area contributed by atoms with Gasteiger partial charge in [0.05, 0.1) is 5.69 Å². The summed E-state index contributed by atoms with van der Waals surface area (Å²) in [6.07, 6.45) is 0. The molecule has 4 rings (SSSR count). The van der Waals surface area contributed by atoms with Crippen LogP contribution < -0.4 is 16.2 Å². The number of hydrogen-bond acceptors (Lipinski definition) is 4. The fraction of sp³-hybridized carbons (Fsp3) is 0.120. The van der Waals surface area contributed by atoms with Gasteiger partial charge in [0, 0.05) is 16.8 Å². The maximum absolute atomic E-state index is 12.7. The molecule has 0 spiro atoms. The maximum atomic E-state index is 12.7. The Hall–Kier alpha value is -4.26. The molecule has 1 aromatic heterocycles. The van der Waals surface area contributed by atoms with Gasteiger partial charge < -0.3 is 15.6 Å². The minimum atomic E-state index is -0.402. The Morgan fingerprint density at radius 1 is 0.844 bits per heavy atom. The summed E-state index contributed by atoms with van der Waals surface area (Å²) in [5.74, 6) is 0.673. The van der Waals surface area contributed by atoms with Crippen LogP contribution in [0.1, 0.15) is 25.3 Å². The molecule has 0 saturated heterocycles. The van der Waals surface area contributed by atoms with Gasteiger partial charge in [0.1, 0.15) is 0 Å². The molecule has 160 valence electrons. The number of anilines is 2. The highest BCUT2D eigenvalue weighted by molar-refractivity contribution is 6.01. The van der Waals surface area contributed by atoms with E-state index in [9.17, 15) is 9.59 Å². The molecule has 0 atom stereocenters. The zero-order valence-corrected chi connectivity index (χ0v) is 17.8. The number of aromatic amines is 1. The second-order valence-electron chi connectivity index (χ2n) is 7.62. The third-order valence-corrected chi connectivity index (χ3v) is 5.01. The Balaban J connectivity index is 1.58. The number of benzene rings is 3. The molecular weight excluding hydrogens is 402 g/mol. The van der Waals surface area contributed by atoms with Crippen molar-refractivity contribution in [3.8, 4) is 22.6 Å². The van der Waals surface area contributed by atoms with E-state index in [2.05, 4.69) is 39.7 Å². The minimum absolute atomic E-state index is 0.247. The predicted octanol–water partition coefficient (Wildman–Crippen LogP) is 5.27. The van der Waals surface area contributed by atoms with E-state index in [0.29, 0.717) is 28.4 Å². The van der Waals surface area contributed by atoms with Gasteiger partial charge in [-0.05, 0) is 35.7 Å². The third kappa shape index (κ3) is 4.73. The van der Waals surface area contributed by atoms with E-state index in [4.69, 9.17) is 0 Å². The fourth-order valence-electron chi connectivity index (χ4n) is 3.28. The molecule has 0 saturated carbocycles. The first-order valence-corrected chi connectivity index (χ1v) is 10.3. The SMILES string of the molecule is CC(C)c1ccc(-c2nnc(-c3ccccc3NC(=O)Nc3ccccc3)[nH]c2=O)cc1. The molecule has 7 heteroatoms. The molecule has 32 heavy (non-hydrogen) atoms. The molecule has 4 aromatic rings. The van der Waals surface area contributed by atoms with Crippen molar-refractivity contribution in [1.29, 1.82) is 0 Å². The second-order valence-corrected chi connectivity index (χ2v) is 7.62. The number of nitrogens with zero attached hydrogens (tertiary/aromatic N) is 2. The summed E-state index contributed by atoms with van der Waals surface area (Å²) < 4.78 is 0. The zero-order valence-electron chi connectivity index (χ0n) is 17.8. The van der Waals surface area contributed by atoms with Gasteiger partial charge >= 0.3 is 6.03 Å². The lowest BCUT2D eigenvalue weighted by atomic mass is 10.0. The zero-order chi connectivity index (χ0) is 22.5. The molecule has 0 bridgehead atoms. The van der Waals surface area contributed by atoms with Crippen molar-refractivity contribution in [2.75, 3.05) is 10.6 Å². The van der Waals surface area contributed by atoms with E-state index in [0.717, 1.165) is 0 Å². The van der Waals surface area contributed by atoms with Crippen LogP contribution in [0.4, 0.5) is 16.2 Å². The third-order valence-electron chi connectivity index (χ3n) is 5.01. The summed E-state index contributed by atoms with van der Waals surface area (Å²) in [4.78, 5) is 28.0. The van der Waals surface area contributed by atoms with Crippen LogP contribution in [0.15, 0.2) is 83.7 Å². The van der Waals surface area contributed by atoms with Crippen LogP contribution in [0.3, 0.4) is 0 Å². The van der Waals surface area contributed by atoms with Gasteiger partial charge in [-0.3, -0.25) is 4.79 Å². The number of hydrogen-bond donors (Lipinski definition) is 3. The van der Waals surface area contributed by atoms with Crippen LogP contribution in [0.2, 0.25) is 0 Å². The average Bonchev–Trinajstić information content (AvgIpc) is 2.80. The van der Waals surface area contributed by atoms with E-state index in [1.165, 1.54) is 5.56 Å². The van der Waals surface area contributed by atoms with Gasteiger partial charge in [0.25, 0.3) is 5.56 Å². The molecule has 0 fully saturated rings. The Morgan fingerprint density at radius 2 is 1.53 bits per heavy atom. The number of amides is 2. The van der Waals surface area contributed by atoms with Gasteiger partial charge in [-0.2, -0.15) is 0 Å². The minimum Gasteiger partial charge on any atom is -0.308 e. The van der Waals surface area contributed by atoms with Crippen LogP contribution >= 0.6 is 0 Å². The number of urea groups is 1. The number of aromatic nitrogens is 3. The maximum Gasteiger partial charge on any atom is 0.323 e.